The van der Waals surface area contributed by atoms with E-state index in [0.29, 0.717) is 17.2 Å². The summed E-state index contributed by atoms with van der Waals surface area (Å²) in [7, 11) is 0. The molecule has 0 aliphatic heterocycles. The molecule has 3 nitrogen and oxygen atoms in total. The van der Waals surface area contributed by atoms with E-state index < -0.39 is 0 Å². The van der Waals surface area contributed by atoms with Crippen LogP contribution in [0.25, 0.3) is 11.0 Å². The quantitative estimate of drug-likeness (QED) is 0.880. The van der Waals surface area contributed by atoms with Crippen molar-refractivity contribution in [1.29, 1.82) is 0 Å². The smallest absolute Gasteiger partial charge is 0.152 e. The second kappa shape index (κ2) is 5.99. The van der Waals surface area contributed by atoms with Crippen molar-refractivity contribution in [2.75, 3.05) is 6.61 Å². The molecule has 1 aliphatic carbocycles. The van der Waals surface area contributed by atoms with Crippen LogP contribution >= 0.6 is 11.6 Å². The molecule has 4 heteroatoms. The van der Waals surface area contributed by atoms with Gasteiger partial charge in [-0.2, -0.15) is 0 Å². The molecule has 1 aliphatic rings. The summed E-state index contributed by atoms with van der Waals surface area (Å²) >= 11 is 6.19. The van der Waals surface area contributed by atoms with Crippen LogP contribution in [-0.2, 0) is 4.74 Å². The molecular formula is C17H22ClNO2. The van der Waals surface area contributed by atoms with Crippen LogP contribution in [-0.4, -0.2) is 12.2 Å². The molecule has 3 rings (SSSR count). The number of ether oxygens (including phenoxy) is 1. The van der Waals surface area contributed by atoms with Crippen LogP contribution in [0.2, 0.25) is 5.02 Å². The Hall–Kier alpha value is -1.03. The molecule has 1 aromatic carbocycles. The van der Waals surface area contributed by atoms with Crippen molar-refractivity contribution in [3.8, 4) is 0 Å². The zero-order valence-corrected chi connectivity index (χ0v) is 13.2. The Bertz CT molecular complexity index is 611. The van der Waals surface area contributed by atoms with Crippen molar-refractivity contribution in [2.45, 2.75) is 50.7 Å². The van der Waals surface area contributed by atoms with E-state index in [2.05, 4.69) is 0 Å². The molecule has 0 radical (unpaired) electrons. The number of hydrogen-bond donors (Lipinski definition) is 1. The third-order valence-electron chi connectivity index (χ3n) is 4.52. The highest BCUT2D eigenvalue weighted by Crippen LogP contribution is 2.42. The Morgan fingerprint density at radius 1 is 1.33 bits per heavy atom. The Balaban J connectivity index is 1.97. The maximum atomic E-state index is 6.54. The van der Waals surface area contributed by atoms with Gasteiger partial charge in [0.05, 0.1) is 16.7 Å². The Morgan fingerprint density at radius 2 is 2.10 bits per heavy atom. The largest absolute Gasteiger partial charge is 0.458 e. The SMILES string of the molecule is CCOC1(C(N)c2cc3cccc(Cl)c3o2)CCCCC1. The van der Waals surface area contributed by atoms with Gasteiger partial charge in [0, 0.05) is 12.0 Å². The van der Waals surface area contributed by atoms with E-state index in [4.69, 9.17) is 26.5 Å². The van der Waals surface area contributed by atoms with Crippen molar-refractivity contribution in [1.82, 2.24) is 0 Å². The Labute approximate surface area is 130 Å². The molecule has 0 amide bonds. The summed E-state index contributed by atoms with van der Waals surface area (Å²) in [6.45, 7) is 2.70. The first-order chi connectivity index (χ1) is 10.2. The summed E-state index contributed by atoms with van der Waals surface area (Å²) in [6.07, 6.45) is 5.57. The highest BCUT2D eigenvalue weighted by molar-refractivity contribution is 6.34. The van der Waals surface area contributed by atoms with E-state index in [1.54, 1.807) is 0 Å². The Morgan fingerprint density at radius 3 is 2.76 bits per heavy atom. The predicted molar refractivity (Wildman–Crippen MR) is 85.6 cm³/mol. The number of para-hydroxylation sites is 1. The van der Waals surface area contributed by atoms with Crippen LogP contribution in [0.1, 0.15) is 50.8 Å². The van der Waals surface area contributed by atoms with Crippen molar-refractivity contribution in [3.63, 3.8) is 0 Å². The lowest BCUT2D eigenvalue weighted by molar-refractivity contribution is -0.0864. The van der Waals surface area contributed by atoms with E-state index in [1.807, 2.05) is 31.2 Å². The van der Waals surface area contributed by atoms with Gasteiger partial charge in [-0.15, -0.1) is 0 Å². The number of fused-ring (bicyclic) bond motifs is 1. The molecule has 2 aromatic rings. The first kappa shape index (κ1) is 14.9. The van der Waals surface area contributed by atoms with Gasteiger partial charge in [0.1, 0.15) is 5.76 Å². The molecule has 0 spiro atoms. The maximum absolute atomic E-state index is 6.54. The summed E-state index contributed by atoms with van der Waals surface area (Å²) in [6, 6.07) is 7.51. The Kier molecular flexibility index (Phi) is 4.25. The summed E-state index contributed by atoms with van der Waals surface area (Å²) < 4.78 is 12.0. The van der Waals surface area contributed by atoms with Crippen molar-refractivity contribution >= 4 is 22.6 Å². The highest BCUT2D eigenvalue weighted by Gasteiger charge is 2.41. The second-order valence-corrected chi connectivity index (χ2v) is 6.25. The number of halogens is 1. The van der Waals surface area contributed by atoms with Gasteiger partial charge in [0.15, 0.2) is 5.58 Å². The highest BCUT2D eigenvalue weighted by atomic mass is 35.5. The zero-order chi connectivity index (χ0) is 14.9. The van der Waals surface area contributed by atoms with Crippen LogP contribution in [0, 0.1) is 0 Å². The van der Waals surface area contributed by atoms with Crippen molar-refractivity contribution < 1.29 is 9.15 Å². The van der Waals surface area contributed by atoms with Crippen LogP contribution < -0.4 is 5.73 Å². The lowest BCUT2D eigenvalue weighted by Gasteiger charge is -2.40. The van der Waals surface area contributed by atoms with Crippen LogP contribution in [0.3, 0.4) is 0 Å². The molecule has 21 heavy (non-hydrogen) atoms. The first-order valence-electron chi connectivity index (χ1n) is 7.74. The van der Waals surface area contributed by atoms with Crippen LogP contribution in [0.5, 0.6) is 0 Å². The molecule has 1 saturated carbocycles. The van der Waals surface area contributed by atoms with Gasteiger partial charge in [-0.05, 0) is 31.9 Å². The second-order valence-electron chi connectivity index (χ2n) is 5.84. The fraction of sp³-hybridized carbons (Fsp3) is 0.529. The topological polar surface area (TPSA) is 48.4 Å². The fourth-order valence-electron chi connectivity index (χ4n) is 3.44. The minimum atomic E-state index is -0.298. The van der Waals surface area contributed by atoms with Gasteiger partial charge in [0.25, 0.3) is 0 Å². The number of benzene rings is 1. The molecular weight excluding hydrogens is 286 g/mol. The van der Waals surface area contributed by atoms with Gasteiger partial charge in [-0.25, -0.2) is 0 Å². The van der Waals surface area contributed by atoms with Gasteiger partial charge in [-0.1, -0.05) is 43.0 Å². The monoisotopic (exact) mass is 307 g/mol. The van der Waals surface area contributed by atoms with E-state index in [-0.39, 0.29) is 11.6 Å². The summed E-state index contributed by atoms with van der Waals surface area (Å²) in [5, 5.41) is 1.62. The first-order valence-corrected chi connectivity index (χ1v) is 8.11. The minimum Gasteiger partial charge on any atom is -0.458 e. The van der Waals surface area contributed by atoms with E-state index >= 15 is 0 Å². The third kappa shape index (κ3) is 2.70. The summed E-state index contributed by atoms with van der Waals surface area (Å²) in [5.74, 6) is 0.772. The molecule has 1 atom stereocenters. The standard InChI is InChI=1S/C17H22ClNO2/c1-2-20-17(9-4-3-5-10-17)16(19)14-11-12-7-6-8-13(18)15(12)21-14/h6-8,11,16H,2-5,9-10,19H2,1H3. The summed E-state index contributed by atoms with van der Waals surface area (Å²) in [4.78, 5) is 0. The molecule has 0 saturated heterocycles. The van der Waals surface area contributed by atoms with E-state index in [1.165, 1.54) is 6.42 Å². The lowest BCUT2D eigenvalue weighted by atomic mass is 9.78. The van der Waals surface area contributed by atoms with Crippen LogP contribution in [0.15, 0.2) is 28.7 Å². The molecule has 114 valence electrons. The predicted octanol–water partition coefficient (Wildman–Crippen LogP) is 4.83. The van der Waals surface area contributed by atoms with E-state index in [0.717, 1.165) is 36.8 Å². The average molecular weight is 308 g/mol. The molecule has 1 heterocycles. The van der Waals surface area contributed by atoms with Gasteiger partial charge in [0.2, 0.25) is 0 Å². The van der Waals surface area contributed by atoms with Crippen molar-refractivity contribution in [3.05, 3.63) is 35.0 Å². The van der Waals surface area contributed by atoms with Gasteiger partial charge in [-0.3, -0.25) is 0 Å². The van der Waals surface area contributed by atoms with Crippen LogP contribution in [0.4, 0.5) is 0 Å². The molecule has 0 bridgehead atoms. The molecule has 1 unspecified atom stereocenters. The minimum absolute atomic E-state index is 0.249. The maximum Gasteiger partial charge on any atom is 0.152 e. The number of rotatable bonds is 4. The molecule has 2 N–H and O–H groups in total. The van der Waals surface area contributed by atoms with Crippen molar-refractivity contribution in [2.24, 2.45) is 5.73 Å². The average Bonchev–Trinajstić information content (AvgIpc) is 2.93. The number of nitrogens with two attached hydrogens (primary N) is 1. The molecule has 1 aromatic heterocycles. The molecule has 1 fully saturated rings. The normalized spacial score (nSPS) is 19.8. The lowest BCUT2D eigenvalue weighted by Crippen LogP contribution is -2.45. The van der Waals surface area contributed by atoms with Gasteiger partial charge >= 0.3 is 0 Å². The zero-order valence-electron chi connectivity index (χ0n) is 12.4. The van der Waals surface area contributed by atoms with Gasteiger partial charge < -0.3 is 14.9 Å². The third-order valence-corrected chi connectivity index (χ3v) is 4.82. The number of furan rings is 1. The fourth-order valence-corrected chi connectivity index (χ4v) is 3.66. The number of hydrogen-bond acceptors (Lipinski definition) is 3. The summed E-state index contributed by atoms with van der Waals surface area (Å²) in [5.41, 5.74) is 6.96. The van der Waals surface area contributed by atoms with E-state index in [9.17, 15) is 0 Å².